The van der Waals surface area contributed by atoms with Gasteiger partial charge in [0.2, 0.25) is 0 Å². The minimum absolute atomic E-state index is 0.0686. The topological polar surface area (TPSA) is 29.5 Å². The Morgan fingerprint density at radius 2 is 2.15 bits per heavy atom. The number of hydrogen-bond acceptors (Lipinski definition) is 2. The normalized spacial score (nSPS) is 20.1. The average Bonchev–Trinajstić information content (AvgIpc) is 2.36. The van der Waals surface area contributed by atoms with Crippen molar-refractivity contribution in [3.63, 3.8) is 0 Å². The van der Waals surface area contributed by atoms with Gasteiger partial charge in [-0.15, -0.1) is 0 Å². The monoisotopic (exact) mass is 351 g/mol. The molecule has 1 fully saturated rings. The molecule has 1 atom stereocenters. The van der Waals surface area contributed by atoms with Gasteiger partial charge in [-0.05, 0) is 41.1 Å². The van der Waals surface area contributed by atoms with E-state index in [0.29, 0.717) is 19.7 Å². The molecule has 0 aromatic heterocycles. The van der Waals surface area contributed by atoms with Crippen molar-refractivity contribution >= 4 is 21.8 Å². The van der Waals surface area contributed by atoms with Crippen LogP contribution in [0.4, 0.5) is 13.2 Å². The van der Waals surface area contributed by atoms with Crippen LogP contribution in [-0.2, 0) is 10.9 Å². The smallest absolute Gasteiger partial charge is 0.375 e. The van der Waals surface area contributed by atoms with Gasteiger partial charge in [-0.25, -0.2) is 0 Å². The molecule has 0 unspecified atom stereocenters. The number of morpholine rings is 1. The second-order valence-corrected chi connectivity index (χ2v) is 5.48. The van der Waals surface area contributed by atoms with Crippen LogP contribution in [0.3, 0.4) is 0 Å². The summed E-state index contributed by atoms with van der Waals surface area (Å²) in [6, 6.07) is 3.05. The third-order valence-electron chi connectivity index (χ3n) is 3.06. The lowest BCUT2D eigenvalue weighted by Crippen LogP contribution is -2.44. The van der Waals surface area contributed by atoms with E-state index in [9.17, 15) is 18.0 Å². The Balaban J connectivity index is 2.22. The minimum Gasteiger partial charge on any atom is -0.375 e. The molecule has 0 aliphatic carbocycles. The number of nitrogens with zero attached hydrogens (tertiary/aromatic N) is 1. The molecule has 7 heteroatoms. The van der Waals surface area contributed by atoms with Crippen molar-refractivity contribution in [2.24, 2.45) is 0 Å². The summed E-state index contributed by atoms with van der Waals surface area (Å²) in [6.45, 7) is 3.16. The number of halogens is 4. The summed E-state index contributed by atoms with van der Waals surface area (Å²) in [4.78, 5) is 13.9. The summed E-state index contributed by atoms with van der Waals surface area (Å²) in [5, 5.41) is 0. The molecule has 1 heterocycles. The number of amides is 1. The highest BCUT2D eigenvalue weighted by molar-refractivity contribution is 9.10. The molecule has 1 aromatic rings. The van der Waals surface area contributed by atoms with Gasteiger partial charge in [0.25, 0.3) is 5.91 Å². The molecule has 0 spiro atoms. The van der Waals surface area contributed by atoms with E-state index in [2.05, 4.69) is 15.9 Å². The second-order valence-electron chi connectivity index (χ2n) is 4.62. The van der Waals surface area contributed by atoms with Crippen LogP contribution in [0.1, 0.15) is 22.8 Å². The zero-order valence-corrected chi connectivity index (χ0v) is 12.3. The third-order valence-corrected chi connectivity index (χ3v) is 3.71. The second kappa shape index (κ2) is 5.73. The molecular formula is C13H13BrF3NO2. The number of carbonyl (C=O) groups is 1. The molecule has 1 aromatic carbocycles. The van der Waals surface area contributed by atoms with Gasteiger partial charge in [0.1, 0.15) is 0 Å². The molecule has 2 rings (SSSR count). The van der Waals surface area contributed by atoms with Crippen LogP contribution >= 0.6 is 15.9 Å². The van der Waals surface area contributed by atoms with E-state index >= 15 is 0 Å². The Morgan fingerprint density at radius 3 is 2.70 bits per heavy atom. The zero-order valence-electron chi connectivity index (χ0n) is 10.7. The van der Waals surface area contributed by atoms with Crippen LogP contribution in [-0.4, -0.2) is 36.6 Å². The molecule has 3 nitrogen and oxygen atoms in total. The molecular weight excluding hydrogens is 339 g/mol. The SMILES string of the molecule is C[C@H]1CN(C(=O)c2ccc(C(F)(F)F)cc2Br)CCO1. The fourth-order valence-electron chi connectivity index (χ4n) is 2.04. The fraction of sp³-hybridized carbons (Fsp3) is 0.462. The van der Waals surface area contributed by atoms with Gasteiger partial charge >= 0.3 is 6.18 Å². The van der Waals surface area contributed by atoms with Gasteiger partial charge in [-0.1, -0.05) is 0 Å². The number of alkyl halides is 3. The quantitative estimate of drug-likeness (QED) is 0.776. The van der Waals surface area contributed by atoms with Gasteiger partial charge in [-0.2, -0.15) is 13.2 Å². The Bertz CT molecular complexity index is 519. The first-order valence-corrected chi connectivity index (χ1v) is 6.86. The van der Waals surface area contributed by atoms with E-state index in [1.807, 2.05) is 6.92 Å². The summed E-state index contributed by atoms with van der Waals surface area (Å²) in [5.41, 5.74) is -0.552. The molecule has 1 aliphatic heterocycles. The molecule has 1 amide bonds. The lowest BCUT2D eigenvalue weighted by Gasteiger charge is -2.31. The van der Waals surface area contributed by atoms with E-state index < -0.39 is 11.7 Å². The van der Waals surface area contributed by atoms with E-state index in [1.165, 1.54) is 6.07 Å². The van der Waals surface area contributed by atoms with Gasteiger partial charge in [0.05, 0.1) is 23.8 Å². The highest BCUT2D eigenvalue weighted by Crippen LogP contribution is 2.32. The Hall–Kier alpha value is -1.08. The van der Waals surface area contributed by atoms with Gasteiger partial charge < -0.3 is 9.64 Å². The van der Waals surface area contributed by atoms with E-state index in [1.54, 1.807) is 4.90 Å². The highest BCUT2D eigenvalue weighted by atomic mass is 79.9. The summed E-state index contributed by atoms with van der Waals surface area (Å²) in [6.07, 6.45) is -4.49. The summed E-state index contributed by atoms with van der Waals surface area (Å²) in [7, 11) is 0. The number of rotatable bonds is 1. The lowest BCUT2D eigenvalue weighted by molar-refractivity contribution is -0.137. The minimum atomic E-state index is -4.42. The third kappa shape index (κ3) is 3.32. The maximum atomic E-state index is 12.6. The maximum Gasteiger partial charge on any atom is 0.416 e. The molecule has 0 radical (unpaired) electrons. The van der Waals surface area contributed by atoms with Crippen LogP contribution in [0.2, 0.25) is 0 Å². The van der Waals surface area contributed by atoms with Crippen molar-refractivity contribution < 1.29 is 22.7 Å². The largest absolute Gasteiger partial charge is 0.416 e. The fourth-order valence-corrected chi connectivity index (χ4v) is 2.59. The van der Waals surface area contributed by atoms with Crippen molar-refractivity contribution in [2.45, 2.75) is 19.2 Å². The van der Waals surface area contributed by atoms with Crippen molar-refractivity contribution in [2.75, 3.05) is 19.7 Å². The Morgan fingerprint density at radius 1 is 1.45 bits per heavy atom. The van der Waals surface area contributed by atoms with Crippen molar-refractivity contribution in [1.29, 1.82) is 0 Å². The van der Waals surface area contributed by atoms with Crippen LogP contribution < -0.4 is 0 Å². The van der Waals surface area contributed by atoms with Crippen molar-refractivity contribution in [3.8, 4) is 0 Å². The van der Waals surface area contributed by atoms with Gasteiger partial charge in [0, 0.05) is 17.6 Å². The van der Waals surface area contributed by atoms with Crippen molar-refractivity contribution in [1.82, 2.24) is 4.90 Å². The standard InChI is InChI=1S/C13H13BrF3NO2/c1-8-7-18(4-5-20-8)12(19)10-3-2-9(6-11(10)14)13(15,16)17/h2-3,6,8H,4-5,7H2,1H3/t8-/m0/s1. The molecule has 20 heavy (non-hydrogen) atoms. The predicted molar refractivity (Wildman–Crippen MR) is 70.5 cm³/mol. The van der Waals surface area contributed by atoms with Crippen LogP contribution in [0.5, 0.6) is 0 Å². The maximum absolute atomic E-state index is 12.6. The number of hydrogen-bond donors (Lipinski definition) is 0. The first-order valence-electron chi connectivity index (χ1n) is 6.06. The highest BCUT2D eigenvalue weighted by Gasteiger charge is 2.32. The molecule has 0 bridgehead atoms. The molecule has 1 saturated heterocycles. The zero-order chi connectivity index (χ0) is 14.9. The van der Waals surface area contributed by atoms with Crippen LogP contribution in [0.25, 0.3) is 0 Å². The number of ether oxygens (including phenoxy) is 1. The van der Waals surface area contributed by atoms with E-state index in [4.69, 9.17) is 4.74 Å². The Kier molecular flexibility index (Phi) is 4.39. The number of carbonyl (C=O) groups excluding carboxylic acids is 1. The number of benzene rings is 1. The molecule has 1 aliphatic rings. The first-order chi connectivity index (χ1) is 9.29. The predicted octanol–water partition coefficient (Wildman–Crippen LogP) is 3.33. The van der Waals surface area contributed by atoms with E-state index in [-0.39, 0.29) is 22.0 Å². The molecule has 0 saturated carbocycles. The first kappa shape index (κ1) is 15.3. The lowest BCUT2D eigenvalue weighted by atomic mass is 10.1. The van der Waals surface area contributed by atoms with Crippen molar-refractivity contribution in [3.05, 3.63) is 33.8 Å². The molecule has 0 N–H and O–H groups in total. The summed E-state index contributed by atoms with van der Waals surface area (Å²) >= 11 is 3.04. The summed E-state index contributed by atoms with van der Waals surface area (Å²) in [5.74, 6) is -0.291. The van der Waals surface area contributed by atoms with Crippen LogP contribution in [0, 0.1) is 0 Å². The van der Waals surface area contributed by atoms with Gasteiger partial charge in [-0.3, -0.25) is 4.79 Å². The Labute approximate surface area is 122 Å². The summed E-state index contributed by atoms with van der Waals surface area (Å²) < 4.78 is 43.2. The average molecular weight is 352 g/mol. The van der Waals surface area contributed by atoms with Crippen LogP contribution in [0.15, 0.2) is 22.7 Å². The van der Waals surface area contributed by atoms with Gasteiger partial charge in [0.15, 0.2) is 0 Å². The van der Waals surface area contributed by atoms with E-state index in [0.717, 1.165) is 12.1 Å². The molecule has 110 valence electrons.